The van der Waals surface area contributed by atoms with E-state index in [4.69, 9.17) is 5.73 Å². The van der Waals surface area contributed by atoms with Crippen molar-refractivity contribution in [2.24, 2.45) is 5.73 Å². The van der Waals surface area contributed by atoms with E-state index in [0.717, 1.165) is 19.3 Å². The molecule has 3 amide bonds. The molecule has 0 aromatic carbocycles. The molecule has 0 bridgehead atoms. The normalized spacial score (nSPS) is 17.2. The van der Waals surface area contributed by atoms with Crippen LogP contribution >= 0.6 is 11.3 Å². The van der Waals surface area contributed by atoms with Crippen LogP contribution in [0, 0.1) is 0 Å². The van der Waals surface area contributed by atoms with Gasteiger partial charge in [-0.1, -0.05) is 6.07 Å². The molecule has 1 aliphatic rings. The fourth-order valence-electron chi connectivity index (χ4n) is 2.95. The standard InChI is InChI=1S/C17H26N4O3S/c1-20(17(24)14-6-4-10-25-14)12-16(23)21-9-3-2-5-13(21)11-19-15(22)7-8-18/h4,6,10,13H,2-3,5,7-9,11-12,18H2,1H3,(H,19,22). The lowest BCUT2D eigenvalue weighted by Gasteiger charge is -2.36. The van der Waals surface area contributed by atoms with E-state index in [1.54, 1.807) is 18.0 Å². The molecule has 2 heterocycles. The second-order valence-corrected chi connectivity index (χ2v) is 7.17. The van der Waals surface area contributed by atoms with Crippen molar-refractivity contribution >= 4 is 29.1 Å². The third-order valence-corrected chi connectivity index (χ3v) is 5.16. The van der Waals surface area contributed by atoms with Crippen molar-refractivity contribution in [3.8, 4) is 0 Å². The second-order valence-electron chi connectivity index (χ2n) is 6.22. The van der Waals surface area contributed by atoms with Gasteiger partial charge in [0.05, 0.1) is 11.4 Å². The van der Waals surface area contributed by atoms with Crippen LogP contribution in [0.3, 0.4) is 0 Å². The highest BCUT2D eigenvalue weighted by Gasteiger charge is 2.28. The van der Waals surface area contributed by atoms with E-state index in [9.17, 15) is 14.4 Å². The Kier molecular flexibility index (Phi) is 7.39. The summed E-state index contributed by atoms with van der Waals surface area (Å²) < 4.78 is 0. The Hall–Kier alpha value is -1.93. The number of amides is 3. The first-order valence-corrected chi connectivity index (χ1v) is 9.46. The Morgan fingerprint density at radius 3 is 2.88 bits per heavy atom. The maximum absolute atomic E-state index is 12.7. The molecule has 0 radical (unpaired) electrons. The zero-order chi connectivity index (χ0) is 18.2. The fourth-order valence-corrected chi connectivity index (χ4v) is 3.66. The van der Waals surface area contributed by atoms with Crippen LogP contribution in [0.5, 0.6) is 0 Å². The van der Waals surface area contributed by atoms with Gasteiger partial charge in [0.15, 0.2) is 0 Å². The summed E-state index contributed by atoms with van der Waals surface area (Å²) in [7, 11) is 1.64. The van der Waals surface area contributed by atoms with Gasteiger partial charge in [0.1, 0.15) is 0 Å². The lowest BCUT2D eigenvalue weighted by atomic mass is 10.0. The Balaban J connectivity index is 1.90. The number of rotatable bonds is 7. The first kappa shape index (κ1) is 19.4. The number of hydrogen-bond acceptors (Lipinski definition) is 5. The average Bonchev–Trinajstić information content (AvgIpc) is 3.14. The minimum absolute atomic E-state index is 0.0202. The topological polar surface area (TPSA) is 95.7 Å². The van der Waals surface area contributed by atoms with Gasteiger partial charge < -0.3 is 20.9 Å². The Labute approximate surface area is 152 Å². The number of piperidine rings is 1. The van der Waals surface area contributed by atoms with Crippen LogP contribution in [0.1, 0.15) is 35.4 Å². The van der Waals surface area contributed by atoms with E-state index in [0.29, 0.717) is 30.9 Å². The summed E-state index contributed by atoms with van der Waals surface area (Å²) in [6.07, 6.45) is 3.13. The summed E-state index contributed by atoms with van der Waals surface area (Å²) in [4.78, 5) is 40.4. The quantitative estimate of drug-likeness (QED) is 0.741. The van der Waals surface area contributed by atoms with Crippen LogP contribution in [-0.2, 0) is 9.59 Å². The van der Waals surface area contributed by atoms with Gasteiger partial charge in [-0.15, -0.1) is 11.3 Å². The van der Waals surface area contributed by atoms with Gasteiger partial charge in [0.2, 0.25) is 11.8 Å². The molecular weight excluding hydrogens is 340 g/mol. The molecule has 0 spiro atoms. The van der Waals surface area contributed by atoms with Gasteiger partial charge in [-0.3, -0.25) is 14.4 Å². The predicted octanol–water partition coefficient (Wildman–Crippen LogP) is 0.666. The van der Waals surface area contributed by atoms with E-state index >= 15 is 0 Å². The van der Waals surface area contributed by atoms with Crippen LogP contribution < -0.4 is 11.1 Å². The molecule has 2 rings (SSSR count). The van der Waals surface area contributed by atoms with Gasteiger partial charge in [-0.2, -0.15) is 0 Å². The van der Waals surface area contributed by atoms with Crippen LogP contribution in [0.4, 0.5) is 0 Å². The zero-order valence-corrected chi connectivity index (χ0v) is 15.4. The molecule has 3 N–H and O–H groups in total. The van der Waals surface area contributed by atoms with Crippen molar-refractivity contribution in [2.75, 3.05) is 33.2 Å². The van der Waals surface area contributed by atoms with Crippen LogP contribution in [-0.4, -0.2) is 66.8 Å². The Morgan fingerprint density at radius 2 is 2.20 bits per heavy atom. The third-order valence-electron chi connectivity index (χ3n) is 4.30. The number of carbonyl (C=O) groups is 3. The van der Waals surface area contributed by atoms with Crippen molar-refractivity contribution in [3.63, 3.8) is 0 Å². The Morgan fingerprint density at radius 1 is 1.40 bits per heavy atom. The van der Waals surface area contributed by atoms with Gasteiger partial charge in [-0.05, 0) is 30.7 Å². The smallest absolute Gasteiger partial charge is 0.264 e. The molecule has 7 nitrogen and oxygen atoms in total. The van der Waals surface area contributed by atoms with E-state index in [1.165, 1.54) is 16.2 Å². The lowest BCUT2D eigenvalue weighted by Crippen LogP contribution is -2.52. The second kappa shape index (κ2) is 9.53. The molecule has 1 atom stereocenters. The van der Waals surface area contributed by atoms with Gasteiger partial charge in [0.25, 0.3) is 5.91 Å². The summed E-state index contributed by atoms with van der Waals surface area (Å²) in [5, 5.41) is 4.69. The molecule has 138 valence electrons. The Bertz CT molecular complexity index is 591. The number of nitrogens with zero attached hydrogens (tertiary/aromatic N) is 2. The molecular formula is C17H26N4O3S. The number of nitrogens with one attached hydrogen (secondary N) is 1. The monoisotopic (exact) mass is 366 g/mol. The highest BCUT2D eigenvalue weighted by atomic mass is 32.1. The van der Waals surface area contributed by atoms with Crippen LogP contribution in [0.2, 0.25) is 0 Å². The van der Waals surface area contributed by atoms with Gasteiger partial charge in [0, 0.05) is 39.1 Å². The summed E-state index contributed by atoms with van der Waals surface area (Å²) in [5.74, 6) is -0.316. The summed E-state index contributed by atoms with van der Waals surface area (Å²) >= 11 is 1.36. The van der Waals surface area contributed by atoms with Crippen molar-refractivity contribution < 1.29 is 14.4 Å². The highest BCUT2D eigenvalue weighted by molar-refractivity contribution is 7.12. The molecule has 25 heavy (non-hydrogen) atoms. The van der Waals surface area contributed by atoms with Crippen LogP contribution in [0.15, 0.2) is 17.5 Å². The molecule has 1 aromatic heterocycles. The molecule has 1 fully saturated rings. The van der Waals surface area contributed by atoms with Crippen molar-refractivity contribution in [1.29, 1.82) is 0 Å². The summed E-state index contributed by atoms with van der Waals surface area (Å²) in [6, 6.07) is 3.55. The number of carbonyl (C=O) groups excluding carboxylic acids is 3. The molecule has 0 aliphatic carbocycles. The predicted molar refractivity (Wildman–Crippen MR) is 97.3 cm³/mol. The summed E-state index contributed by atoms with van der Waals surface area (Å²) in [5.41, 5.74) is 5.38. The average molecular weight is 366 g/mol. The largest absolute Gasteiger partial charge is 0.354 e. The van der Waals surface area contributed by atoms with E-state index < -0.39 is 0 Å². The maximum atomic E-state index is 12.7. The van der Waals surface area contributed by atoms with E-state index in [2.05, 4.69) is 5.32 Å². The third kappa shape index (κ3) is 5.54. The summed E-state index contributed by atoms with van der Waals surface area (Å²) in [6.45, 7) is 1.46. The minimum Gasteiger partial charge on any atom is -0.354 e. The number of hydrogen-bond donors (Lipinski definition) is 2. The zero-order valence-electron chi connectivity index (χ0n) is 14.6. The number of likely N-dealkylation sites (tertiary alicyclic amines) is 1. The number of likely N-dealkylation sites (N-methyl/N-ethyl adjacent to an activating group) is 1. The molecule has 1 saturated heterocycles. The van der Waals surface area contributed by atoms with Gasteiger partial charge in [-0.25, -0.2) is 0 Å². The molecule has 1 unspecified atom stereocenters. The first-order valence-electron chi connectivity index (χ1n) is 8.58. The van der Waals surface area contributed by atoms with E-state index in [1.807, 2.05) is 11.4 Å². The number of nitrogens with two attached hydrogens (primary N) is 1. The first-order chi connectivity index (χ1) is 12.0. The van der Waals surface area contributed by atoms with E-state index in [-0.39, 0.29) is 30.3 Å². The van der Waals surface area contributed by atoms with Crippen LogP contribution in [0.25, 0.3) is 0 Å². The number of thiophene rings is 1. The fraction of sp³-hybridized carbons (Fsp3) is 0.588. The van der Waals surface area contributed by atoms with Crippen molar-refractivity contribution in [2.45, 2.75) is 31.7 Å². The molecule has 8 heteroatoms. The van der Waals surface area contributed by atoms with Gasteiger partial charge >= 0.3 is 0 Å². The molecule has 0 saturated carbocycles. The van der Waals surface area contributed by atoms with Crippen molar-refractivity contribution in [3.05, 3.63) is 22.4 Å². The highest BCUT2D eigenvalue weighted by Crippen LogP contribution is 2.18. The maximum Gasteiger partial charge on any atom is 0.264 e. The SMILES string of the molecule is CN(CC(=O)N1CCCCC1CNC(=O)CCN)C(=O)c1cccs1. The van der Waals surface area contributed by atoms with Crippen molar-refractivity contribution in [1.82, 2.24) is 15.1 Å². The lowest BCUT2D eigenvalue weighted by molar-refractivity contribution is -0.136. The molecule has 1 aromatic rings. The molecule has 1 aliphatic heterocycles. The minimum atomic E-state index is -0.145.